The first-order valence-corrected chi connectivity index (χ1v) is 6.56. The smallest absolute Gasteiger partial charge is 0.322 e. The molecular weight excluding hydrogens is 307 g/mol. The van der Waals surface area contributed by atoms with Crippen molar-refractivity contribution in [2.45, 2.75) is 6.18 Å². The topological polar surface area (TPSA) is 46.2 Å². The van der Waals surface area contributed by atoms with Crippen LogP contribution in [0.1, 0.15) is 15.9 Å². The van der Waals surface area contributed by atoms with Gasteiger partial charge in [-0.15, -0.1) is 0 Å². The van der Waals surface area contributed by atoms with E-state index in [1.54, 1.807) is 18.2 Å². The Morgan fingerprint density at radius 1 is 0.957 bits per heavy atom. The van der Waals surface area contributed by atoms with Gasteiger partial charge in [-0.25, -0.2) is 0 Å². The van der Waals surface area contributed by atoms with Crippen LogP contribution in [0, 0.1) is 0 Å². The highest BCUT2D eigenvalue weighted by atomic mass is 19.4. The molecule has 0 aliphatic heterocycles. The van der Waals surface area contributed by atoms with Crippen molar-refractivity contribution >= 4 is 17.4 Å². The average Bonchev–Trinajstić information content (AvgIpc) is 2.53. The van der Waals surface area contributed by atoms with Crippen molar-refractivity contribution in [2.24, 2.45) is 0 Å². The Labute approximate surface area is 130 Å². The lowest BCUT2D eigenvalue weighted by Gasteiger charge is -2.10. The van der Waals surface area contributed by atoms with Crippen molar-refractivity contribution < 1.29 is 22.8 Å². The summed E-state index contributed by atoms with van der Waals surface area (Å²) in [7, 11) is 0. The minimum absolute atomic E-state index is 0.0631. The molecule has 3 nitrogen and oxygen atoms in total. The Bertz CT molecular complexity index is 752. The van der Waals surface area contributed by atoms with Gasteiger partial charge in [0.15, 0.2) is 5.78 Å². The quantitative estimate of drug-likeness (QED) is 0.399. The summed E-state index contributed by atoms with van der Waals surface area (Å²) in [5, 5.41) is 2.25. The molecule has 0 unspecified atom stereocenters. The molecule has 1 N–H and O–H groups in total. The number of anilines is 1. The number of carbonyl (C=O) groups excluding carboxylic acids is 2. The van der Waals surface area contributed by atoms with Gasteiger partial charge in [0, 0.05) is 11.3 Å². The van der Waals surface area contributed by atoms with Crippen LogP contribution >= 0.6 is 0 Å². The lowest BCUT2D eigenvalue weighted by molar-refractivity contribution is -0.137. The number of Topliss-reactive ketones (excluding diaryl/α,β-unsaturated/α-hetero) is 1. The van der Waals surface area contributed by atoms with E-state index in [9.17, 15) is 22.8 Å². The van der Waals surface area contributed by atoms with E-state index >= 15 is 0 Å². The van der Waals surface area contributed by atoms with E-state index in [-0.39, 0.29) is 16.8 Å². The van der Waals surface area contributed by atoms with Crippen LogP contribution in [0.4, 0.5) is 18.9 Å². The van der Waals surface area contributed by atoms with Gasteiger partial charge < -0.3 is 5.32 Å². The van der Waals surface area contributed by atoms with Crippen LogP contribution in [0.25, 0.3) is 0 Å². The summed E-state index contributed by atoms with van der Waals surface area (Å²) >= 11 is 0. The van der Waals surface area contributed by atoms with E-state index in [0.717, 1.165) is 12.1 Å². The Morgan fingerprint density at radius 2 is 1.61 bits per heavy atom. The third-order valence-electron chi connectivity index (χ3n) is 3.03. The van der Waals surface area contributed by atoms with Gasteiger partial charge in [0.05, 0.1) is 11.1 Å². The number of rotatable bonds is 4. The zero-order valence-electron chi connectivity index (χ0n) is 11.9. The van der Waals surface area contributed by atoms with Crippen LogP contribution in [0.15, 0.2) is 66.7 Å². The maximum absolute atomic E-state index is 12.6. The maximum Gasteiger partial charge on any atom is 0.416 e. The molecule has 1 amide bonds. The number of amides is 1. The zero-order chi connectivity index (χ0) is 17.0. The molecule has 0 saturated heterocycles. The molecule has 0 saturated carbocycles. The van der Waals surface area contributed by atoms with Crippen molar-refractivity contribution in [3.63, 3.8) is 0 Å². The van der Waals surface area contributed by atoms with Gasteiger partial charge in [-0.2, -0.15) is 13.2 Å². The van der Waals surface area contributed by atoms with E-state index in [1.165, 1.54) is 24.3 Å². The van der Waals surface area contributed by atoms with E-state index in [2.05, 4.69) is 11.9 Å². The Balaban J connectivity index is 2.13. The maximum atomic E-state index is 12.6. The van der Waals surface area contributed by atoms with Crippen molar-refractivity contribution in [3.05, 3.63) is 77.9 Å². The minimum Gasteiger partial charge on any atom is -0.322 e. The first kappa shape index (κ1) is 16.5. The highest BCUT2D eigenvalue weighted by molar-refractivity contribution is 6.28. The molecule has 2 aromatic rings. The molecule has 0 aromatic heterocycles. The lowest BCUT2D eigenvalue weighted by Crippen LogP contribution is -2.20. The molecule has 2 aromatic carbocycles. The third kappa shape index (κ3) is 4.06. The first-order valence-electron chi connectivity index (χ1n) is 6.56. The summed E-state index contributed by atoms with van der Waals surface area (Å²) in [6.07, 6.45) is -4.52. The number of nitrogens with one attached hydrogen (secondary N) is 1. The molecule has 23 heavy (non-hydrogen) atoms. The van der Waals surface area contributed by atoms with Gasteiger partial charge >= 0.3 is 6.18 Å². The summed E-state index contributed by atoms with van der Waals surface area (Å²) in [4.78, 5) is 24.0. The summed E-state index contributed by atoms with van der Waals surface area (Å²) < 4.78 is 37.9. The predicted molar refractivity (Wildman–Crippen MR) is 80.0 cm³/mol. The fraction of sp³-hybridized carbons (Fsp3) is 0.0588. The van der Waals surface area contributed by atoms with Gasteiger partial charge in [0.1, 0.15) is 0 Å². The number of hydrogen-bond donors (Lipinski definition) is 1. The third-order valence-corrected chi connectivity index (χ3v) is 3.03. The number of ketones is 1. The largest absolute Gasteiger partial charge is 0.416 e. The Hall–Kier alpha value is -2.89. The second-order valence-corrected chi connectivity index (χ2v) is 4.71. The van der Waals surface area contributed by atoms with Gasteiger partial charge in [0.25, 0.3) is 5.91 Å². The summed E-state index contributed by atoms with van der Waals surface area (Å²) in [6, 6.07) is 12.2. The van der Waals surface area contributed by atoms with E-state index in [4.69, 9.17) is 0 Å². The Kier molecular flexibility index (Phi) is 4.64. The van der Waals surface area contributed by atoms with Crippen LogP contribution in [-0.4, -0.2) is 11.7 Å². The molecule has 0 fully saturated rings. The number of halogens is 3. The molecule has 6 heteroatoms. The molecule has 0 aliphatic rings. The van der Waals surface area contributed by atoms with Crippen LogP contribution in [0.5, 0.6) is 0 Å². The van der Waals surface area contributed by atoms with Crippen molar-refractivity contribution in [1.82, 2.24) is 0 Å². The van der Waals surface area contributed by atoms with Crippen LogP contribution < -0.4 is 5.32 Å². The van der Waals surface area contributed by atoms with Crippen molar-refractivity contribution in [2.75, 3.05) is 5.32 Å². The fourth-order valence-corrected chi connectivity index (χ4v) is 1.85. The molecular formula is C17H12F3NO2. The number of alkyl halides is 3. The van der Waals surface area contributed by atoms with Crippen LogP contribution in [0.2, 0.25) is 0 Å². The lowest BCUT2D eigenvalue weighted by atomic mass is 10.0. The van der Waals surface area contributed by atoms with E-state index in [1.807, 2.05) is 0 Å². The van der Waals surface area contributed by atoms with Gasteiger partial charge in [-0.1, -0.05) is 43.0 Å². The molecule has 0 aliphatic carbocycles. The number of hydrogen-bond acceptors (Lipinski definition) is 2. The minimum atomic E-state index is -4.52. The standard InChI is InChI=1S/C17H12F3NO2/c1-11(15(22)12-6-3-2-4-7-12)16(23)21-14-9-5-8-13(10-14)17(18,19)20/h2-10H,1H2,(H,21,23). The second kappa shape index (κ2) is 6.48. The predicted octanol–water partition coefficient (Wildman–Crippen LogP) is 4.08. The van der Waals surface area contributed by atoms with E-state index < -0.39 is 23.4 Å². The monoisotopic (exact) mass is 319 g/mol. The van der Waals surface area contributed by atoms with Gasteiger partial charge in [-0.3, -0.25) is 9.59 Å². The summed E-state index contributed by atoms with van der Waals surface area (Å²) in [5.74, 6) is -1.44. The summed E-state index contributed by atoms with van der Waals surface area (Å²) in [6.45, 7) is 3.41. The zero-order valence-corrected chi connectivity index (χ0v) is 11.9. The summed E-state index contributed by atoms with van der Waals surface area (Å²) in [5.41, 5.74) is -1.03. The SMILES string of the molecule is C=C(C(=O)Nc1cccc(C(F)(F)F)c1)C(=O)c1ccccc1. The normalized spacial score (nSPS) is 10.9. The highest BCUT2D eigenvalue weighted by Gasteiger charge is 2.30. The van der Waals surface area contributed by atoms with Crippen molar-refractivity contribution in [3.8, 4) is 0 Å². The second-order valence-electron chi connectivity index (χ2n) is 4.71. The number of benzene rings is 2. The van der Waals surface area contributed by atoms with Crippen molar-refractivity contribution in [1.29, 1.82) is 0 Å². The molecule has 0 bridgehead atoms. The van der Waals surface area contributed by atoms with E-state index in [0.29, 0.717) is 0 Å². The molecule has 118 valence electrons. The van der Waals surface area contributed by atoms with Crippen LogP contribution in [0.3, 0.4) is 0 Å². The van der Waals surface area contributed by atoms with Crippen LogP contribution in [-0.2, 0) is 11.0 Å². The molecule has 0 heterocycles. The molecule has 2 rings (SSSR count). The van der Waals surface area contributed by atoms with Gasteiger partial charge in [-0.05, 0) is 18.2 Å². The molecule has 0 spiro atoms. The van der Waals surface area contributed by atoms with Gasteiger partial charge in [0.2, 0.25) is 0 Å². The Morgan fingerprint density at radius 3 is 2.22 bits per heavy atom. The molecule has 0 radical (unpaired) electrons. The molecule has 0 atom stereocenters. The number of carbonyl (C=O) groups is 2. The fourth-order valence-electron chi connectivity index (χ4n) is 1.85. The first-order chi connectivity index (χ1) is 10.8. The highest BCUT2D eigenvalue weighted by Crippen LogP contribution is 2.30. The average molecular weight is 319 g/mol.